The summed E-state index contributed by atoms with van der Waals surface area (Å²) < 4.78 is 35.4. The highest BCUT2D eigenvalue weighted by Crippen LogP contribution is 2.47. The molecule has 0 fully saturated rings. The predicted molar refractivity (Wildman–Crippen MR) is 177 cm³/mol. The second-order valence-corrected chi connectivity index (χ2v) is 13.5. The number of aliphatic hydroxyl groups excluding tert-OH is 1. The number of aliphatic hydroxyl groups is 1. The van der Waals surface area contributed by atoms with Crippen LogP contribution in [0.15, 0.2) is 114 Å². The summed E-state index contributed by atoms with van der Waals surface area (Å²) in [6.45, 7) is 2.58. The van der Waals surface area contributed by atoms with Crippen molar-refractivity contribution in [2.24, 2.45) is 0 Å². The second-order valence-electron chi connectivity index (χ2n) is 11.4. The third-order valence-corrected chi connectivity index (χ3v) is 10.6. The van der Waals surface area contributed by atoms with Crippen LogP contribution in [0.3, 0.4) is 0 Å². The van der Waals surface area contributed by atoms with Gasteiger partial charge in [-0.3, -0.25) is 0 Å². The minimum atomic E-state index is -3.83. The first-order valence-electron chi connectivity index (χ1n) is 14.8. The molecule has 0 unspecified atom stereocenters. The van der Waals surface area contributed by atoms with Gasteiger partial charge in [-0.25, -0.2) is 8.42 Å². The van der Waals surface area contributed by atoms with Crippen molar-refractivity contribution in [2.45, 2.75) is 38.2 Å². The van der Waals surface area contributed by atoms with Gasteiger partial charge in [-0.1, -0.05) is 103 Å². The molecular weight excluding hydrogens is 566 g/mol. The standard InChI is InChI=1S/C38H33NO4S/c1-25-17-19-28(20-18-25)44(41,42)39(2)21-33-34(22-40)38(32-16-8-12-27-10-4-6-14-30(27)32)36-24-43-23-35(36)37(33)31-15-7-11-26-9-3-5-13-29(26)31/h3-20,40H,21-24H2,1-2H3. The van der Waals surface area contributed by atoms with Crippen molar-refractivity contribution in [1.82, 2.24) is 4.31 Å². The third kappa shape index (κ3) is 4.71. The zero-order valence-corrected chi connectivity index (χ0v) is 25.6. The van der Waals surface area contributed by atoms with Crippen LogP contribution in [0, 0.1) is 6.92 Å². The highest BCUT2D eigenvalue weighted by atomic mass is 32.2. The van der Waals surface area contributed by atoms with Crippen LogP contribution < -0.4 is 0 Å². The predicted octanol–water partition coefficient (Wildman–Crippen LogP) is 7.98. The second kappa shape index (κ2) is 11.3. The van der Waals surface area contributed by atoms with Crippen LogP contribution >= 0.6 is 0 Å². The Balaban J connectivity index is 1.54. The average molecular weight is 600 g/mol. The van der Waals surface area contributed by atoms with E-state index in [9.17, 15) is 13.5 Å². The first-order chi connectivity index (χ1) is 21.4. The Labute approximate surface area is 258 Å². The van der Waals surface area contributed by atoms with Gasteiger partial charge in [0.05, 0.1) is 24.7 Å². The molecule has 1 aliphatic rings. The number of fused-ring (bicyclic) bond motifs is 3. The lowest BCUT2D eigenvalue weighted by Gasteiger charge is -2.27. The molecule has 0 amide bonds. The van der Waals surface area contributed by atoms with Gasteiger partial charge in [0.2, 0.25) is 10.0 Å². The summed E-state index contributed by atoms with van der Waals surface area (Å²) in [7, 11) is -2.21. The van der Waals surface area contributed by atoms with Crippen molar-refractivity contribution in [3.8, 4) is 22.3 Å². The van der Waals surface area contributed by atoms with Crippen molar-refractivity contribution >= 4 is 31.6 Å². The summed E-state index contributed by atoms with van der Waals surface area (Å²) in [4.78, 5) is 0.238. The Hall–Kier alpha value is -4.33. The van der Waals surface area contributed by atoms with Crippen LogP contribution in [0.1, 0.15) is 27.8 Å². The molecule has 0 saturated heterocycles. The summed E-state index contributed by atoms with van der Waals surface area (Å²) in [5.41, 5.74) is 8.45. The summed E-state index contributed by atoms with van der Waals surface area (Å²) in [5.74, 6) is 0. The van der Waals surface area contributed by atoms with Crippen LogP contribution in [0.5, 0.6) is 0 Å². The Bertz CT molecular complexity index is 2140. The van der Waals surface area contributed by atoms with Gasteiger partial charge in [0.1, 0.15) is 0 Å². The largest absolute Gasteiger partial charge is 0.392 e. The molecule has 0 aliphatic carbocycles. The zero-order chi connectivity index (χ0) is 30.4. The highest BCUT2D eigenvalue weighted by Gasteiger charge is 2.31. The third-order valence-electron chi connectivity index (χ3n) is 8.81. The van der Waals surface area contributed by atoms with Crippen molar-refractivity contribution in [2.75, 3.05) is 7.05 Å². The molecule has 7 rings (SSSR count). The van der Waals surface area contributed by atoms with Gasteiger partial charge in [0, 0.05) is 13.6 Å². The van der Waals surface area contributed by atoms with Crippen molar-refractivity contribution in [3.05, 3.63) is 137 Å². The van der Waals surface area contributed by atoms with Crippen LogP contribution in [0.4, 0.5) is 0 Å². The van der Waals surface area contributed by atoms with E-state index in [2.05, 4.69) is 48.5 Å². The number of nitrogens with zero attached hydrogens (tertiary/aromatic N) is 1. The normalized spacial score (nSPS) is 13.2. The van der Waals surface area contributed by atoms with Crippen molar-refractivity contribution < 1.29 is 18.3 Å². The lowest BCUT2D eigenvalue weighted by atomic mass is 9.80. The fourth-order valence-corrected chi connectivity index (χ4v) is 7.76. The van der Waals surface area contributed by atoms with Gasteiger partial charge in [0.25, 0.3) is 0 Å². The SMILES string of the molecule is Cc1ccc(S(=O)(=O)N(C)Cc2c(CO)c(-c3cccc4ccccc34)c3c(c2-c2cccc4ccccc24)COC3)cc1. The van der Waals surface area contributed by atoms with Crippen molar-refractivity contribution in [1.29, 1.82) is 0 Å². The maximum atomic E-state index is 13.9. The molecule has 1 heterocycles. The number of ether oxygens (including phenoxy) is 1. The molecule has 1 aliphatic heterocycles. The van der Waals surface area contributed by atoms with Crippen LogP contribution in [-0.4, -0.2) is 24.9 Å². The average Bonchev–Trinajstić information content (AvgIpc) is 3.53. The summed E-state index contributed by atoms with van der Waals surface area (Å²) in [6.07, 6.45) is 0. The number of aryl methyl sites for hydroxylation is 1. The smallest absolute Gasteiger partial charge is 0.243 e. The molecule has 6 heteroatoms. The first kappa shape index (κ1) is 28.4. The quantitative estimate of drug-likeness (QED) is 0.202. The number of hydrogen-bond acceptors (Lipinski definition) is 4. The molecule has 6 aromatic rings. The van der Waals surface area contributed by atoms with Crippen molar-refractivity contribution in [3.63, 3.8) is 0 Å². The van der Waals surface area contributed by atoms with E-state index < -0.39 is 10.0 Å². The van der Waals surface area contributed by atoms with Crippen LogP contribution in [0.25, 0.3) is 43.8 Å². The maximum absolute atomic E-state index is 13.9. The zero-order valence-electron chi connectivity index (χ0n) is 24.7. The van der Waals surface area contributed by atoms with E-state index in [1.54, 1.807) is 19.2 Å². The van der Waals surface area contributed by atoms with E-state index >= 15 is 0 Å². The van der Waals surface area contributed by atoms with Gasteiger partial charge >= 0.3 is 0 Å². The molecule has 0 aromatic heterocycles. The van der Waals surface area contributed by atoms with E-state index in [0.717, 1.165) is 71.6 Å². The molecule has 0 spiro atoms. The number of hydrogen-bond donors (Lipinski definition) is 1. The minimum absolute atomic E-state index is 0.0791. The number of sulfonamides is 1. The minimum Gasteiger partial charge on any atom is -0.392 e. The highest BCUT2D eigenvalue weighted by molar-refractivity contribution is 7.89. The van der Waals surface area contributed by atoms with Gasteiger partial charge in [-0.15, -0.1) is 0 Å². The molecule has 0 bridgehead atoms. The fourth-order valence-electron chi connectivity index (χ4n) is 6.63. The van der Waals surface area contributed by atoms with Gasteiger partial charge in [-0.05, 0) is 85.1 Å². The first-order valence-corrected chi connectivity index (χ1v) is 16.2. The molecule has 0 saturated carbocycles. The lowest BCUT2D eigenvalue weighted by Crippen LogP contribution is -2.28. The van der Waals surface area contributed by atoms with E-state index in [4.69, 9.17) is 4.74 Å². The number of rotatable bonds is 7. The Morgan fingerprint density at radius 1 is 0.682 bits per heavy atom. The van der Waals surface area contributed by atoms with Gasteiger partial charge in [-0.2, -0.15) is 4.31 Å². The summed E-state index contributed by atoms with van der Waals surface area (Å²) in [6, 6.07) is 35.8. The van der Waals surface area contributed by atoms with E-state index in [-0.39, 0.29) is 18.0 Å². The molecule has 44 heavy (non-hydrogen) atoms. The van der Waals surface area contributed by atoms with Gasteiger partial charge < -0.3 is 9.84 Å². The number of benzene rings is 6. The molecule has 6 aromatic carbocycles. The van der Waals surface area contributed by atoms with E-state index in [0.29, 0.717) is 13.2 Å². The monoisotopic (exact) mass is 599 g/mol. The molecular formula is C38H33NO4S. The van der Waals surface area contributed by atoms with Gasteiger partial charge in [0.15, 0.2) is 0 Å². The Morgan fingerprint density at radius 3 is 1.73 bits per heavy atom. The molecule has 1 N–H and O–H groups in total. The fraction of sp³-hybridized carbons (Fsp3) is 0.158. The van der Waals surface area contributed by atoms with Crippen LogP contribution in [-0.2, 0) is 41.1 Å². The topological polar surface area (TPSA) is 66.8 Å². The summed E-state index contributed by atoms with van der Waals surface area (Å²) in [5, 5.41) is 15.5. The Kier molecular flexibility index (Phi) is 7.31. The molecule has 5 nitrogen and oxygen atoms in total. The van der Waals surface area contributed by atoms with E-state index in [1.807, 2.05) is 55.5 Å². The molecule has 0 atom stereocenters. The summed E-state index contributed by atoms with van der Waals surface area (Å²) >= 11 is 0. The maximum Gasteiger partial charge on any atom is 0.243 e. The van der Waals surface area contributed by atoms with E-state index in [1.165, 1.54) is 4.31 Å². The lowest BCUT2D eigenvalue weighted by molar-refractivity contribution is 0.135. The molecule has 0 radical (unpaired) electrons. The van der Waals surface area contributed by atoms with Crippen LogP contribution in [0.2, 0.25) is 0 Å². The molecule has 220 valence electrons. The Morgan fingerprint density at radius 2 is 1.18 bits per heavy atom.